The highest BCUT2D eigenvalue weighted by molar-refractivity contribution is 9.09. The highest BCUT2D eigenvalue weighted by atomic mass is 79.9. The average Bonchev–Trinajstić information content (AvgIpc) is 2.49. The van der Waals surface area contributed by atoms with Crippen LogP contribution in [0.4, 0.5) is 0 Å². The second-order valence-corrected chi connectivity index (χ2v) is 5.75. The van der Waals surface area contributed by atoms with Crippen LogP contribution < -0.4 is 0 Å². The maximum atomic E-state index is 4.30. The topological polar surface area (TPSA) is 34.0 Å². The Morgan fingerprint density at radius 3 is 2.93 bits per heavy atom. The largest absolute Gasteiger partial charge is 0.296 e. The molecule has 1 aromatic heterocycles. The minimum atomic E-state index is 0.623. The van der Waals surface area contributed by atoms with E-state index >= 15 is 0 Å². The molecule has 2 atom stereocenters. The summed E-state index contributed by atoms with van der Waals surface area (Å²) in [5, 5.41) is 8.39. The van der Waals surface area contributed by atoms with Crippen LogP contribution in [-0.2, 0) is 13.6 Å². The summed E-state index contributed by atoms with van der Waals surface area (Å²) >= 11 is 3.70. The molecule has 4 nitrogen and oxygen atoms in total. The van der Waals surface area contributed by atoms with Crippen molar-refractivity contribution in [2.24, 2.45) is 13.0 Å². The number of rotatable bonds is 2. The fourth-order valence-corrected chi connectivity index (χ4v) is 3.25. The van der Waals surface area contributed by atoms with Gasteiger partial charge >= 0.3 is 0 Å². The van der Waals surface area contributed by atoms with Crippen LogP contribution in [0.25, 0.3) is 0 Å². The zero-order valence-corrected chi connectivity index (χ0v) is 10.8. The average molecular weight is 273 g/mol. The van der Waals surface area contributed by atoms with Crippen molar-refractivity contribution >= 4 is 15.9 Å². The summed E-state index contributed by atoms with van der Waals surface area (Å²) in [4.78, 5) is 4.68. The Labute approximate surface area is 98.8 Å². The van der Waals surface area contributed by atoms with Gasteiger partial charge < -0.3 is 0 Å². The summed E-state index contributed by atoms with van der Waals surface area (Å²) in [6, 6.07) is 0. The normalized spacial score (nSPS) is 28.2. The number of likely N-dealkylation sites (tertiary alicyclic amines) is 1. The van der Waals surface area contributed by atoms with Gasteiger partial charge in [-0.25, -0.2) is 0 Å². The van der Waals surface area contributed by atoms with Gasteiger partial charge in [-0.2, -0.15) is 15.0 Å². The lowest BCUT2D eigenvalue weighted by Crippen LogP contribution is -2.39. The van der Waals surface area contributed by atoms with Crippen molar-refractivity contribution in [2.45, 2.75) is 24.7 Å². The second-order valence-electron chi connectivity index (χ2n) is 4.46. The fraction of sp³-hybridized carbons (Fsp3) is 0.800. The Morgan fingerprint density at radius 2 is 2.33 bits per heavy atom. The molecule has 5 heteroatoms. The number of aromatic nitrogens is 3. The molecule has 2 heterocycles. The summed E-state index contributed by atoms with van der Waals surface area (Å²) in [5.74, 6) is 0.764. The Hall–Kier alpha value is -0.420. The van der Waals surface area contributed by atoms with E-state index in [9.17, 15) is 0 Å². The van der Waals surface area contributed by atoms with Crippen LogP contribution in [0.15, 0.2) is 6.20 Å². The molecular weight excluding hydrogens is 256 g/mol. The predicted molar refractivity (Wildman–Crippen MR) is 62.8 cm³/mol. The maximum absolute atomic E-state index is 4.30. The second kappa shape index (κ2) is 4.61. The van der Waals surface area contributed by atoms with E-state index in [-0.39, 0.29) is 0 Å². The van der Waals surface area contributed by atoms with E-state index in [2.05, 4.69) is 38.0 Å². The summed E-state index contributed by atoms with van der Waals surface area (Å²) in [7, 11) is 1.86. The molecule has 2 rings (SSSR count). The van der Waals surface area contributed by atoms with E-state index in [0.717, 1.165) is 24.7 Å². The van der Waals surface area contributed by atoms with E-state index in [1.54, 1.807) is 4.80 Å². The molecule has 1 aliphatic heterocycles. The molecule has 1 aliphatic rings. The Kier molecular flexibility index (Phi) is 3.41. The Morgan fingerprint density at radius 1 is 1.53 bits per heavy atom. The number of halogens is 1. The van der Waals surface area contributed by atoms with E-state index in [1.165, 1.54) is 13.0 Å². The Bertz CT molecular complexity index is 315. The molecule has 0 bridgehead atoms. The van der Waals surface area contributed by atoms with Gasteiger partial charge in [0.2, 0.25) is 0 Å². The van der Waals surface area contributed by atoms with E-state index < -0.39 is 0 Å². The van der Waals surface area contributed by atoms with Crippen molar-refractivity contribution < 1.29 is 0 Å². The third kappa shape index (κ3) is 3.01. The van der Waals surface area contributed by atoms with Crippen molar-refractivity contribution in [2.75, 3.05) is 13.1 Å². The van der Waals surface area contributed by atoms with Gasteiger partial charge in [0, 0.05) is 31.5 Å². The molecule has 2 unspecified atom stereocenters. The van der Waals surface area contributed by atoms with Gasteiger partial charge in [0.1, 0.15) is 0 Å². The molecule has 1 fully saturated rings. The van der Waals surface area contributed by atoms with Gasteiger partial charge in [-0.05, 0) is 12.3 Å². The highest BCUT2D eigenvalue weighted by Gasteiger charge is 2.23. The number of nitrogens with zero attached hydrogens (tertiary/aromatic N) is 4. The van der Waals surface area contributed by atoms with Crippen molar-refractivity contribution in [1.82, 2.24) is 19.9 Å². The molecule has 84 valence electrons. The van der Waals surface area contributed by atoms with Gasteiger partial charge in [0.15, 0.2) is 0 Å². The molecule has 0 aliphatic carbocycles. The minimum absolute atomic E-state index is 0.623. The molecular formula is C10H17BrN4. The standard InChI is InChI=1S/C10H17BrN4/c1-8-3-9(11)6-15(5-8)7-10-4-12-14(2)13-10/h4,8-9H,3,5-7H2,1-2H3. The third-order valence-corrected chi connectivity index (χ3v) is 3.38. The molecule has 0 amide bonds. The first-order chi connectivity index (χ1) is 7.13. The summed E-state index contributed by atoms with van der Waals surface area (Å²) in [6.07, 6.45) is 3.12. The zero-order chi connectivity index (χ0) is 10.8. The molecule has 0 N–H and O–H groups in total. The first kappa shape index (κ1) is 11.1. The molecule has 15 heavy (non-hydrogen) atoms. The fourth-order valence-electron chi connectivity index (χ4n) is 2.20. The van der Waals surface area contributed by atoms with E-state index in [1.807, 2.05) is 13.2 Å². The van der Waals surface area contributed by atoms with Gasteiger partial charge in [-0.1, -0.05) is 22.9 Å². The van der Waals surface area contributed by atoms with Crippen LogP contribution in [0.1, 0.15) is 19.0 Å². The van der Waals surface area contributed by atoms with Gasteiger partial charge in [0.05, 0.1) is 11.9 Å². The number of piperidine rings is 1. The van der Waals surface area contributed by atoms with Crippen LogP contribution in [0, 0.1) is 5.92 Å². The lowest BCUT2D eigenvalue weighted by atomic mass is 10.0. The van der Waals surface area contributed by atoms with E-state index in [4.69, 9.17) is 0 Å². The molecule has 0 saturated carbocycles. The Balaban J connectivity index is 1.94. The van der Waals surface area contributed by atoms with Crippen molar-refractivity contribution in [3.8, 4) is 0 Å². The highest BCUT2D eigenvalue weighted by Crippen LogP contribution is 2.22. The molecule has 0 aromatic carbocycles. The van der Waals surface area contributed by atoms with E-state index in [0.29, 0.717) is 4.83 Å². The molecule has 0 radical (unpaired) electrons. The quantitative estimate of drug-likeness (QED) is 0.764. The summed E-state index contributed by atoms with van der Waals surface area (Å²) in [5.41, 5.74) is 1.06. The minimum Gasteiger partial charge on any atom is -0.296 e. The number of alkyl halides is 1. The smallest absolute Gasteiger partial charge is 0.0967 e. The van der Waals surface area contributed by atoms with Crippen LogP contribution >= 0.6 is 15.9 Å². The number of aryl methyl sites for hydroxylation is 1. The monoisotopic (exact) mass is 272 g/mol. The number of hydrogen-bond acceptors (Lipinski definition) is 3. The van der Waals surface area contributed by atoms with Crippen LogP contribution in [-0.4, -0.2) is 37.8 Å². The lowest BCUT2D eigenvalue weighted by molar-refractivity contribution is 0.181. The van der Waals surface area contributed by atoms with Crippen LogP contribution in [0.2, 0.25) is 0 Å². The van der Waals surface area contributed by atoms with Crippen LogP contribution in [0.3, 0.4) is 0 Å². The maximum Gasteiger partial charge on any atom is 0.0967 e. The molecule has 1 saturated heterocycles. The first-order valence-corrected chi connectivity index (χ1v) is 6.26. The van der Waals surface area contributed by atoms with Gasteiger partial charge in [-0.15, -0.1) is 0 Å². The van der Waals surface area contributed by atoms with Crippen LogP contribution in [0.5, 0.6) is 0 Å². The number of hydrogen-bond donors (Lipinski definition) is 0. The summed E-state index contributed by atoms with van der Waals surface area (Å²) in [6.45, 7) is 5.50. The predicted octanol–water partition coefficient (Wildman–Crippen LogP) is 1.42. The van der Waals surface area contributed by atoms with Crippen molar-refractivity contribution in [3.05, 3.63) is 11.9 Å². The van der Waals surface area contributed by atoms with Crippen molar-refractivity contribution in [1.29, 1.82) is 0 Å². The van der Waals surface area contributed by atoms with Gasteiger partial charge in [0.25, 0.3) is 0 Å². The lowest BCUT2D eigenvalue weighted by Gasteiger charge is -2.33. The first-order valence-electron chi connectivity index (χ1n) is 5.35. The SMILES string of the molecule is CC1CC(Br)CN(Cc2cnn(C)n2)C1. The molecule has 1 aromatic rings. The third-order valence-electron chi connectivity index (χ3n) is 2.72. The zero-order valence-electron chi connectivity index (χ0n) is 9.23. The van der Waals surface area contributed by atoms with Crippen molar-refractivity contribution in [3.63, 3.8) is 0 Å². The van der Waals surface area contributed by atoms with Gasteiger partial charge in [-0.3, -0.25) is 4.90 Å². The summed E-state index contributed by atoms with van der Waals surface area (Å²) < 4.78 is 0. The molecule has 0 spiro atoms.